The lowest BCUT2D eigenvalue weighted by atomic mass is 10.0. The fraction of sp³-hybridized carbons (Fsp3) is 0.269. The smallest absolute Gasteiger partial charge is 0.327 e. The number of anilines is 3. The average Bonchev–Trinajstić information content (AvgIpc) is 2.84. The number of amidine groups is 1. The Bertz CT molecular complexity index is 1440. The van der Waals surface area contributed by atoms with E-state index in [2.05, 4.69) is 20.6 Å². The Balaban J connectivity index is 1.79. The van der Waals surface area contributed by atoms with Crippen molar-refractivity contribution >= 4 is 34.8 Å². The van der Waals surface area contributed by atoms with E-state index in [0.717, 1.165) is 5.56 Å². The molecule has 0 bridgehead atoms. The number of aromatic nitrogens is 2. The summed E-state index contributed by atoms with van der Waals surface area (Å²) in [5.74, 6) is 0.176. The van der Waals surface area contributed by atoms with Crippen LogP contribution in [0.5, 0.6) is 23.4 Å². The van der Waals surface area contributed by atoms with Crippen LogP contribution in [0.3, 0.4) is 0 Å². The Hall–Kier alpha value is -4.87. The normalized spacial score (nSPS) is 14.3. The summed E-state index contributed by atoms with van der Waals surface area (Å²) in [6, 6.07) is 9.08. The summed E-state index contributed by atoms with van der Waals surface area (Å²) in [5.41, 5.74) is 13.8. The number of nitrogen functional groups attached to an aromatic ring is 2. The van der Waals surface area contributed by atoms with Crippen LogP contribution >= 0.6 is 0 Å². The van der Waals surface area contributed by atoms with Gasteiger partial charge in [-0.25, -0.2) is 0 Å². The van der Waals surface area contributed by atoms with Crippen LogP contribution in [0.15, 0.2) is 36.4 Å². The number of aryl methyl sites for hydroxylation is 1. The number of nitrogens with one attached hydrogen (secondary N) is 3. The molecule has 0 saturated carbocycles. The van der Waals surface area contributed by atoms with E-state index in [9.17, 15) is 9.59 Å². The van der Waals surface area contributed by atoms with E-state index in [-0.39, 0.29) is 52.6 Å². The zero-order valence-corrected chi connectivity index (χ0v) is 21.7. The maximum Gasteiger partial charge on any atom is 0.327 e. The standard InChI is InChI=1S/C26H30N8O4/c1-12(2)19-23(35)31-20-22(30-19)32-26(38-18-11-14(21(28)29)6-7-17(18)27)33-24(20)37-16-9-13(3)8-15(10-16)25(36)34(4)5/h6-12,19H,27H2,1-5H3,(H3,28,29)(H,31,35)(H,30,32,33). The average molecular weight is 519 g/mol. The Morgan fingerprint density at radius 1 is 1.11 bits per heavy atom. The quantitative estimate of drug-likeness (QED) is 0.178. The molecule has 4 rings (SSSR count). The highest BCUT2D eigenvalue weighted by atomic mass is 16.5. The van der Waals surface area contributed by atoms with Crippen LogP contribution in [0.4, 0.5) is 17.2 Å². The molecule has 7 N–H and O–H groups in total. The molecule has 0 spiro atoms. The zero-order valence-electron chi connectivity index (χ0n) is 21.7. The number of benzene rings is 2. The number of amides is 2. The fourth-order valence-electron chi connectivity index (χ4n) is 3.83. The zero-order chi connectivity index (χ0) is 27.7. The third-order valence-electron chi connectivity index (χ3n) is 5.79. The summed E-state index contributed by atoms with van der Waals surface area (Å²) in [6.07, 6.45) is 0. The Morgan fingerprint density at radius 2 is 1.84 bits per heavy atom. The van der Waals surface area contributed by atoms with Gasteiger partial charge < -0.3 is 36.5 Å². The topological polar surface area (TPSA) is 182 Å². The molecule has 0 aliphatic carbocycles. The number of hydrogen-bond acceptors (Lipinski definition) is 9. The molecular weight excluding hydrogens is 488 g/mol. The van der Waals surface area contributed by atoms with Crippen LogP contribution in [-0.2, 0) is 4.79 Å². The first-order valence-electron chi connectivity index (χ1n) is 11.9. The van der Waals surface area contributed by atoms with Crippen molar-refractivity contribution in [3.05, 3.63) is 53.1 Å². The lowest BCUT2D eigenvalue weighted by Crippen LogP contribution is -2.43. The van der Waals surface area contributed by atoms with Crippen molar-refractivity contribution in [2.45, 2.75) is 26.8 Å². The fourth-order valence-corrected chi connectivity index (χ4v) is 3.83. The summed E-state index contributed by atoms with van der Waals surface area (Å²) in [4.78, 5) is 35.6. The highest BCUT2D eigenvalue weighted by molar-refractivity contribution is 6.03. The van der Waals surface area contributed by atoms with E-state index < -0.39 is 6.04 Å². The summed E-state index contributed by atoms with van der Waals surface area (Å²) < 4.78 is 12.0. The van der Waals surface area contributed by atoms with Crippen LogP contribution in [0.2, 0.25) is 0 Å². The van der Waals surface area contributed by atoms with E-state index in [1.807, 2.05) is 20.8 Å². The molecule has 3 aromatic rings. The molecule has 198 valence electrons. The monoisotopic (exact) mass is 518 g/mol. The second kappa shape index (κ2) is 10.2. The molecule has 0 fully saturated rings. The number of rotatable bonds is 7. The molecule has 12 heteroatoms. The van der Waals surface area contributed by atoms with Crippen molar-refractivity contribution in [2.24, 2.45) is 11.7 Å². The maximum atomic E-state index is 12.8. The van der Waals surface area contributed by atoms with Crippen LogP contribution in [0, 0.1) is 18.3 Å². The first-order valence-corrected chi connectivity index (χ1v) is 11.9. The third kappa shape index (κ3) is 5.43. The molecule has 12 nitrogen and oxygen atoms in total. The van der Waals surface area contributed by atoms with E-state index in [0.29, 0.717) is 22.7 Å². The van der Waals surface area contributed by atoms with Gasteiger partial charge in [0.25, 0.3) is 11.8 Å². The van der Waals surface area contributed by atoms with E-state index in [1.165, 1.54) is 11.0 Å². The number of ether oxygens (including phenoxy) is 2. The molecular formula is C26H30N8O4. The van der Waals surface area contributed by atoms with Gasteiger partial charge in [-0.1, -0.05) is 13.8 Å². The Kier molecular flexibility index (Phi) is 7.06. The van der Waals surface area contributed by atoms with Gasteiger partial charge in [-0.2, -0.15) is 9.97 Å². The number of fused-ring (bicyclic) bond motifs is 1. The highest BCUT2D eigenvalue weighted by Crippen LogP contribution is 2.39. The van der Waals surface area contributed by atoms with E-state index in [1.54, 1.807) is 44.4 Å². The molecule has 2 amide bonds. The number of nitrogens with two attached hydrogens (primary N) is 2. The van der Waals surface area contributed by atoms with Crippen molar-refractivity contribution in [1.82, 2.24) is 14.9 Å². The Morgan fingerprint density at radius 3 is 2.50 bits per heavy atom. The number of hydrogen-bond donors (Lipinski definition) is 5. The molecule has 1 aliphatic rings. The molecule has 2 aromatic carbocycles. The van der Waals surface area contributed by atoms with E-state index >= 15 is 0 Å². The van der Waals surface area contributed by atoms with Crippen LogP contribution in [0.25, 0.3) is 0 Å². The molecule has 1 aromatic heterocycles. The summed E-state index contributed by atoms with van der Waals surface area (Å²) in [5, 5.41) is 13.6. The Labute approximate surface area is 219 Å². The van der Waals surface area contributed by atoms with Crippen molar-refractivity contribution in [2.75, 3.05) is 30.5 Å². The van der Waals surface area contributed by atoms with Crippen LogP contribution in [-0.4, -0.2) is 52.7 Å². The van der Waals surface area contributed by atoms with Gasteiger partial charge in [-0.15, -0.1) is 0 Å². The van der Waals surface area contributed by atoms with Gasteiger partial charge in [0.05, 0.1) is 5.69 Å². The maximum absolute atomic E-state index is 12.8. The minimum Gasteiger partial charge on any atom is -0.437 e. The molecule has 1 unspecified atom stereocenters. The van der Waals surface area contributed by atoms with Crippen molar-refractivity contribution in [3.63, 3.8) is 0 Å². The van der Waals surface area contributed by atoms with Crippen LogP contribution < -0.4 is 31.6 Å². The molecule has 2 heterocycles. The second-order valence-corrected chi connectivity index (χ2v) is 9.49. The third-order valence-corrected chi connectivity index (χ3v) is 5.79. The largest absolute Gasteiger partial charge is 0.437 e. The van der Waals surface area contributed by atoms with Gasteiger partial charge >= 0.3 is 6.01 Å². The number of carbonyl (C=O) groups is 2. The summed E-state index contributed by atoms with van der Waals surface area (Å²) >= 11 is 0. The predicted molar refractivity (Wildman–Crippen MR) is 144 cm³/mol. The van der Waals surface area contributed by atoms with Crippen LogP contribution in [0.1, 0.15) is 35.3 Å². The number of carbonyl (C=O) groups excluding carboxylic acids is 2. The highest BCUT2D eigenvalue weighted by Gasteiger charge is 2.33. The van der Waals surface area contributed by atoms with Gasteiger partial charge in [0.1, 0.15) is 23.3 Å². The predicted octanol–water partition coefficient (Wildman–Crippen LogP) is 3.33. The lowest BCUT2D eigenvalue weighted by molar-refractivity contribution is -0.117. The summed E-state index contributed by atoms with van der Waals surface area (Å²) in [6.45, 7) is 5.65. The molecule has 38 heavy (non-hydrogen) atoms. The summed E-state index contributed by atoms with van der Waals surface area (Å²) in [7, 11) is 3.32. The molecule has 0 radical (unpaired) electrons. The lowest BCUT2D eigenvalue weighted by Gasteiger charge is -2.29. The van der Waals surface area contributed by atoms with Crippen molar-refractivity contribution in [1.29, 1.82) is 5.41 Å². The van der Waals surface area contributed by atoms with Gasteiger partial charge in [0.15, 0.2) is 11.6 Å². The first kappa shape index (κ1) is 26.2. The van der Waals surface area contributed by atoms with Gasteiger partial charge in [-0.05, 0) is 54.8 Å². The van der Waals surface area contributed by atoms with Gasteiger partial charge in [-0.3, -0.25) is 15.0 Å². The van der Waals surface area contributed by atoms with Crippen molar-refractivity contribution < 1.29 is 19.1 Å². The molecule has 0 saturated heterocycles. The molecule has 1 aliphatic heterocycles. The number of nitrogens with zero attached hydrogens (tertiary/aromatic N) is 3. The van der Waals surface area contributed by atoms with E-state index in [4.69, 9.17) is 26.4 Å². The minimum absolute atomic E-state index is 0.00296. The molecule has 1 atom stereocenters. The van der Waals surface area contributed by atoms with Gasteiger partial charge in [0, 0.05) is 25.2 Å². The first-order chi connectivity index (χ1) is 17.9. The van der Waals surface area contributed by atoms with Crippen molar-refractivity contribution in [3.8, 4) is 23.4 Å². The SMILES string of the molecule is Cc1cc(Oc2nc(Oc3cc(C(=N)N)ccc3N)nc3c2NC(=O)C(C(C)C)N3)cc(C(=O)N(C)C)c1. The second-order valence-electron chi connectivity index (χ2n) is 9.49. The van der Waals surface area contributed by atoms with Gasteiger partial charge in [0.2, 0.25) is 5.91 Å². The minimum atomic E-state index is -0.549.